The SMILES string of the molecule is [2H]c1c([2H])c([2H])c2c(c1[2H])c1c([2H])c(-c3ccccc3)c([2H])c([2H])c1n2-c1ccc2c(c1)N(c1c(-c3ccccc3)cccc1-c1ccc3ccc4ccccc4c3c1)c1cc(-c3ccc4c(c3)-c3ccccc3C43c4ccccc4-c4ccccc43)cc3c1B2c1ccc(-n2c4c([2H])c([2H])c([2H])c([2H])c4c4c([2H])c(-c5ccccc5)c([2H])c([2H])c42)cc1N3c1c(-c2ccccc2)cc(C(C)(C)C)cc1-c1ccccc1. The maximum atomic E-state index is 10.6. The fraction of sp³-hybridized carbons (Fsp3) is 0.0394. The number of fused-ring (bicyclic) bond motifs is 23. The molecule has 0 N–H and O–H groups in total. The lowest BCUT2D eigenvalue weighted by molar-refractivity contribution is 0.591. The van der Waals surface area contributed by atoms with Crippen LogP contribution in [0.15, 0.2) is 461 Å². The van der Waals surface area contributed by atoms with Crippen LogP contribution in [0.3, 0.4) is 0 Å². The summed E-state index contributed by atoms with van der Waals surface area (Å²) in [6.07, 6.45) is 0. The van der Waals surface area contributed by atoms with Crippen molar-refractivity contribution in [2.24, 2.45) is 0 Å². The lowest BCUT2D eigenvalue weighted by atomic mass is 9.33. The van der Waals surface area contributed by atoms with Gasteiger partial charge in [0.2, 0.25) is 0 Å². The van der Waals surface area contributed by atoms with E-state index in [1.54, 1.807) is 33.4 Å². The number of aromatic nitrogens is 2. The van der Waals surface area contributed by atoms with Crippen molar-refractivity contribution >= 4 is 122 Å². The summed E-state index contributed by atoms with van der Waals surface area (Å²) < 4.78 is 145. The molecule has 0 saturated carbocycles. The highest BCUT2D eigenvalue weighted by Crippen LogP contribution is 2.64. The second-order valence-corrected chi connectivity index (χ2v) is 36.2. The van der Waals surface area contributed by atoms with Crippen molar-refractivity contribution in [2.75, 3.05) is 9.80 Å². The molecule has 4 nitrogen and oxygen atoms in total. The Bertz CT molecular complexity index is 9580. The molecule has 0 amide bonds. The zero-order chi connectivity index (χ0) is 99.4. The number of rotatable bonds is 11. The minimum Gasteiger partial charge on any atom is -0.310 e. The third-order valence-electron chi connectivity index (χ3n) is 28.1. The van der Waals surface area contributed by atoms with Gasteiger partial charge < -0.3 is 18.9 Å². The Morgan fingerprint density at radius 1 is 0.250 bits per heavy atom. The second-order valence-electron chi connectivity index (χ2n) is 36.2. The molecule has 23 aromatic rings. The van der Waals surface area contributed by atoms with Crippen LogP contribution in [0.25, 0.3) is 177 Å². The molecule has 2 aromatic heterocycles. The molecule has 4 heterocycles. The van der Waals surface area contributed by atoms with Crippen molar-refractivity contribution in [3.05, 3.63) is 489 Å². The lowest BCUT2D eigenvalue weighted by Gasteiger charge is -2.46. The third kappa shape index (κ3) is 11.3. The van der Waals surface area contributed by atoms with Gasteiger partial charge in [0.15, 0.2) is 0 Å². The smallest absolute Gasteiger partial charge is 0.252 e. The molecule has 0 saturated heterocycles. The normalized spacial score (nSPS) is 14.6. The van der Waals surface area contributed by atoms with Gasteiger partial charge in [-0.3, -0.25) is 0 Å². The number of nitrogens with zero attached hydrogens (tertiary/aromatic N) is 4. The van der Waals surface area contributed by atoms with E-state index < -0.39 is 65.9 Å². The Hall–Kier alpha value is -16.6. The first-order valence-electron chi connectivity index (χ1n) is 52.1. The van der Waals surface area contributed by atoms with Crippen molar-refractivity contribution in [2.45, 2.75) is 31.6 Å². The highest BCUT2D eigenvalue weighted by Gasteiger charge is 2.52. The highest BCUT2D eigenvalue weighted by atomic mass is 15.2. The van der Waals surface area contributed by atoms with Gasteiger partial charge in [0.25, 0.3) is 6.71 Å². The molecule has 1 spiro atoms. The van der Waals surface area contributed by atoms with Crippen molar-refractivity contribution in [1.82, 2.24) is 9.13 Å². The molecule has 2 aliphatic carbocycles. The molecule has 0 atom stereocenters. The Morgan fingerprint density at radius 2 is 0.652 bits per heavy atom. The van der Waals surface area contributed by atoms with Crippen LogP contribution in [0.5, 0.6) is 0 Å². The average molecular weight is 1690 g/mol. The Kier molecular flexibility index (Phi) is 13.8. The largest absolute Gasteiger partial charge is 0.310 e. The van der Waals surface area contributed by atoms with E-state index in [0.717, 1.165) is 144 Å². The molecule has 2 aliphatic heterocycles. The topological polar surface area (TPSA) is 16.3 Å². The van der Waals surface area contributed by atoms with E-state index in [2.05, 4.69) is 316 Å². The molecular weight excluding hydrogens is 1590 g/mol. The summed E-state index contributed by atoms with van der Waals surface area (Å²) >= 11 is 0. The summed E-state index contributed by atoms with van der Waals surface area (Å²) in [7, 11) is 0. The van der Waals surface area contributed by atoms with Gasteiger partial charge in [-0.2, -0.15) is 0 Å². The van der Waals surface area contributed by atoms with Crippen LogP contribution >= 0.6 is 0 Å². The van der Waals surface area contributed by atoms with Crippen molar-refractivity contribution in [3.8, 4) is 112 Å². The molecule has 0 unspecified atom stereocenters. The maximum Gasteiger partial charge on any atom is 0.252 e. The van der Waals surface area contributed by atoms with Crippen LogP contribution in [-0.2, 0) is 10.8 Å². The molecule has 0 bridgehead atoms. The van der Waals surface area contributed by atoms with Crippen molar-refractivity contribution in [1.29, 1.82) is 0 Å². The lowest BCUT2D eigenvalue weighted by Crippen LogP contribution is -2.61. The summed E-state index contributed by atoms with van der Waals surface area (Å²) in [5.74, 6) is 0. The van der Waals surface area contributed by atoms with E-state index in [1.165, 1.54) is 22.3 Å². The van der Waals surface area contributed by atoms with Crippen molar-refractivity contribution in [3.63, 3.8) is 0 Å². The number of hydrogen-bond donors (Lipinski definition) is 0. The molecular formula is C127H85BN4. The molecule has 0 radical (unpaired) electrons. The molecule has 616 valence electrons. The molecule has 4 aliphatic rings. The summed E-state index contributed by atoms with van der Waals surface area (Å²) in [4.78, 5) is 4.83. The summed E-state index contributed by atoms with van der Waals surface area (Å²) in [6, 6.07) is 125. The highest BCUT2D eigenvalue weighted by molar-refractivity contribution is 7.00. The Labute approximate surface area is 787 Å². The first-order chi connectivity index (χ1) is 71.0. The first kappa shape index (κ1) is 62.5. The molecule has 27 rings (SSSR count). The van der Waals surface area contributed by atoms with Crippen LogP contribution in [0.1, 0.15) is 67.8 Å². The van der Waals surface area contributed by atoms with Gasteiger partial charge in [-0.1, -0.05) is 385 Å². The van der Waals surface area contributed by atoms with Crippen LogP contribution in [-0.4, -0.2) is 15.8 Å². The summed E-state index contributed by atoms with van der Waals surface area (Å²) in [5.41, 5.74) is 26.3. The van der Waals surface area contributed by atoms with E-state index >= 15 is 0 Å². The van der Waals surface area contributed by atoms with Gasteiger partial charge in [-0.05, 0) is 246 Å². The number of benzene rings is 21. The van der Waals surface area contributed by atoms with Crippen LogP contribution < -0.4 is 26.2 Å². The van der Waals surface area contributed by atoms with E-state index in [0.29, 0.717) is 33.9 Å². The number of para-hydroxylation sites is 3. The van der Waals surface area contributed by atoms with Gasteiger partial charge in [-0.25, -0.2) is 0 Å². The average Bonchev–Trinajstić information content (AvgIpc) is 1.39. The summed E-state index contributed by atoms with van der Waals surface area (Å²) in [5, 5.41) is 4.41. The summed E-state index contributed by atoms with van der Waals surface area (Å²) in [6.45, 7) is 5.88. The van der Waals surface area contributed by atoms with Crippen LogP contribution in [0, 0.1) is 0 Å². The molecule has 132 heavy (non-hydrogen) atoms. The van der Waals surface area contributed by atoms with Gasteiger partial charge in [0, 0.05) is 77.9 Å². The van der Waals surface area contributed by atoms with E-state index in [-0.39, 0.29) is 91.0 Å². The van der Waals surface area contributed by atoms with Crippen LogP contribution in [0.4, 0.5) is 34.1 Å². The van der Waals surface area contributed by atoms with Crippen molar-refractivity contribution < 1.29 is 19.2 Å². The van der Waals surface area contributed by atoms with E-state index in [9.17, 15) is 19.2 Å². The van der Waals surface area contributed by atoms with E-state index in [4.69, 9.17) is 0 Å². The fourth-order valence-electron chi connectivity index (χ4n) is 22.2. The number of hydrogen-bond acceptors (Lipinski definition) is 2. The second kappa shape index (κ2) is 29.2. The van der Waals surface area contributed by atoms with Gasteiger partial charge >= 0.3 is 0 Å². The maximum absolute atomic E-state index is 10.6. The monoisotopic (exact) mass is 1690 g/mol. The predicted molar refractivity (Wildman–Crippen MR) is 557 cm³/mol. The molecule has 21 aromatic carbocycles. The quantitative estimate of drug-likeness (QED) is 0.0948. The van der Waals surface area contributed by atoms with Gasteiger partial charge in [-0.15, -0.1) is 0 Å². The first-order valence-corrected chi connectivity index (χ1v) is 45.1. The minimum atomic E-state index is -0.830. The zero-order valence-corrected chi connectivity index (χ0v) is 72.2. The standard InChI is InChI=1S/C127H85BN4/c1-126(2,3)92-76-104(83-38-15-7-16-39-83)125(105(77-92)84-40-17-8-18-41-84)132-120-79-94(130-116-55-30-25-48-102(116)108-72-88(62-69-118(108)130)81-34-11-5-12-35-81)64-67-114(120)128-113-66-63-93(129-115-54-29-24-47-101(115)107-71-87(61-68-117(107)129)80-32-9-4-10-33-80)78-119(113)131(124-96(82-36-13-6-14-37-82)49-31-50-97(124)90-59-58-86-57-56-85-42-19-20-43-95(85)103(86)73-90)121-74-91(75-122(132)123(121)128)89-60-65-112-106(70-89)100-46-23-28-53-111(100)127(112)109-51-26-21-44-98(109)99-45-22-27-52-110(99)127/h4-79H,1-3H3/i24D,25D,29D,30D,47D,48D,54D,55D,61D,62D,68D,69D,71D,72D. The predicted octanol–water partition coefficient (Wildman–Crippen LogP) is 31.6. The molecule has 5 heteroatoms. The third-order valence-corrected chi connectivity index (χ3v) is 28.1. The minimum absolute atomic E-state index is 0.00688. The Balaban J connectivity index is 0.848. The van der Waals surface area contributed by atoms with Gasteiger partial charge in [0.1, 0.15) is 0 Å². The molecule has 0 fully saturated rings. The van der Waals surface area contributed by atoms with Crippen LogP contribution in [0.2, 0.25) is 0 Å². The van der Waals surface area contributed by atoms with Gasteiger partial charge in [0.05, 0.1) is 58.0 Å². The fourth-order valence-corrected chi connectivity index (χ4v) is 22.2. The van der Waals surface area contributed by atoms with E-state index in [1.807, 2.05) is 66.7 Å². The number of anilines is 6. The Morgan fingerprint density at radius 3 is 1.17 bits per heavy atom. The zero-order valence-electron chi connectivity index (χ0n) is 86.2.